The molecule has 3 heterocycles. The van der Waals surface area contributed by atoms with Crippen molar-refractivity contribution in [2.45, 2.75) is 25.9 Å². The molecular weight excluding hydrogens is 266 g/mol. The van der Waals surface area contributed by atoms with Gasteiger partial charge in [0.1, 0.15) is 6.04 Å². The number of aromatic nitrogens is 1. The summed E-state index contributed by atoms with van der Waals surface area (Å²) in [5.41, 5.74) is 3.52. The lowest BCUT2D eigenvalue weighted by Crippen LogP contribution is -2.40. The van der Waals surface area contributed by atoms with Crippen LogP contribution in [0.3, 0.4) is 0 Å². The molecule has 2 aliphatic heterocycles. The predicted molar refractivity (Wildman–Crippen MR) is 78.7 cm³/mol. The van der Waals surface area contributed by atoms with Gasteiger partial charge in [0.05, 0.1) is 6.54 Å². The molecule has 0 radical (unpaired) electrons. The molecule has 1 aromatic carbocycles. The van der Waals surface area contributed by atoms with Gasteiger partial charge in [-0.15, -0.1) is 0 Å². The second-order valence-corrected chi connectivity index (χ2v) is 5.71. The van der Waals surface area contributed by atoms with Gasteiger partial charge >= 0.3 is 6.03 Å². The Hall–Kier alpha value is -2.30. The molecule has 2 aliphatic rings. The number of carbonyl (C=O) groups excluding carboxylic acids is 2. The zero-order valence-electron chi connectivity index (χ0n) is 12.2. The van der Waals surface area contributed by atoms with Crippen molar-refractivity contribution >= 4 is 22.8 Å². The van der Waals surface area contributed by atoms with E-state index in [1.807, 2.05) is 26.1 Å². The molecule has 0 saturated carbocycles. The lowest BCUT2D eigenvalue weighted by Gasteiger charge is -2.27. The van der Waals surface area contributed by atoms with Gasteiger partial charge in [-0.25, -0.2) is 4.79 Å². The Morgan fingerprint density at radius 3 is 2.76 bits per heavy atom. The van der Waals surface area contributed by atoms with Crippen LogP contribution in [0, 0.1) is 0 Å². The Balaban J connectivity index is 1.87. The number of urea groups is 1. The first-order valence-electron chi connectivity index (χ1n) is 7.30. The number of aryl methyl sites for hydroxylation is 1. The summed E-state index contributed by atoms with van der Waals surface area (Å²) in [7, 11) is 2.03. The number of carbonyl (C=O) groups is 2. The smallest absolute Gasteiger partial charge is 0.327 e. The summed E-state index contributed by atoms with van der Waals surface area (Å²) < 4.78 is 2.15. The molecule has 3 amide bonds. The number of hydrogen-bond acceptors (Lipinski definition) is 2. The van der Waals surface area contributed by atoms with E-state index in [1.54, 1.807) is 4.90 Å². The molecule has 21 heavy (non-hydrogen) atoms. The first-order chi connectivity index (χ1) is 10.1. The fourth-order valence-electron chi connectivity index (χ4n) is 3.67. The molecule has 1 aromatic heterocycles. The van der Waals surface area contributed by atoms with Crippen molar-refractivity contribution in [1.82, 2.24) is 14.4 Å². The minimum absolute atomic E-state index is 0.0546. The molecule has 5 nitrogen and oxygen atoms in total. The van der Waals surface area contributed by atoms with E-state index in [4.69, 9.17) is 0 Å². The summed E-state index contributed by atoms with van der Waals surface area (Å²) in [6.45, 7) is 2.81. The van der Waals surface area contributed by atoms with E-state index in [9.17, 15) is 9.59 Å². The number of rotatable bonds is 1. The summed E-state index contributed by atoms with van der Waals surface area (Å²) in [5, 5.41) is 1.20. The number of imide groups is 1. The highest BCUT2D eigenvalue weighted by atomic mass is 16.2. The van der Waals surface area contributed by atoms with E-state index in [0.717, 1.165) is 11.2 Å². The lowest BCUT2D eigenvalue weighted by molar-refractivity contribution is -0.128. The molecule has 1 fully saturated rings. The average molecular weight is 283 g/mol. The fraction of sp³-hybridized carbons (Fsp3) is 0.375. The van der Waals surface area contributed by atoms with Crippen LogP contribution in [0.25, 0.3) is 10.9 Å². The number of benzene rings is 1. The highest BCUT2D eigenvalue weighted by molar-refractivity contribution is 6.05. The highest BCUT2D eigenvalue weighted by Crippen LogP contribution is 2.35. The predicted octanol–water partition coefficient (Wildman–Crippen LogP) is 1.89. The zero-order valence-corrected chi connectivity index (χ0v) is 12.2. The molecule has 0 spiro atoms. The van der Waals surface area contributed by atoms with Crippen LogP contribution in [0.1, 0.15) is 18.2 Å². The van der Waals surface area contributed by atoms with Crippen LogP contribution in [0.2, 0.25) is 0 Å². The van der Waals surface area contributed by atoms with E-state index in [-0.39, 0.29) is 18.0 Å². The summed E-state index contributed by atoms with van der Waals surface area (Å²) in [6.07, 6.45) is 0.623. The third kappa shape index (κ3) is 1.46. The zero-order chi connectivity index (χ0) is 14.7. The van der Waals surface area contributed by atoms with Crippen LogP contribution in [0.5, 0.6) is 0 Å². The van der Waals surface area contributed by atoms with Gasteiger partial charge in [-0.1, -0.05) is 18.2 Å². The van der Waals surface area contributed by atoms with Crippen LogP contribution >= 0.6 is 0 Å². The summed E-state index contributed by atoms with van der Waals surface area (Å²) >= 11 is 0. The molecule has 4 rings (SSSR count). The number of amides is 3. The maximum Gasteiger partial charge on any atom is 0.327 e. The molecule has 0 bridgehead atoms. The van der Waals surface area contributed by atoms with E-state index >= 15 is 0 Å². The van der Waals surface area contributed by atoms with Gasteiger partial charge in [-0.3, -0.25) is 9.69 Å². The maximum absolute atomic E-state index is 12.4. The first kappa shape index (κ1) is 12.4. The molecule has 5 heteroatoms. The van der Waals surface area contributed by atoms with Crippen LogP contribution in [-0.2, 0) is 24.8 Å². The Morgan fingerprint density at radius 1 is 1.24 bits per heavy atom. The van der Waals surface area contributed by atoms with Crippen molar-refractivity contribution in [1.29, 1.82) is 0 Å². The van der Waals surface area contributed by atoms with Crippen molar-refractivity contribution in [2.75, 3.05) is 6.54 Å². The topological polar surface area (TPSA) is 45.6 Å². The first-order valence-corrected chi connectivity index (χ1v) is 7.30. The SMILES string of the molecule is CCN1C(=O)C2Cc3c(n(C)c4ccccc34)CN2C1=O. The van der Waals surface area contributed by atoms with Gasteiger partial charge in [0.2, 0.25) is 0 Å². The molecular formula is C16H17N3O2. The van der Waals surface area contributed by atoms with Gasteiger partial charge in [-0.2, -0.15) is 0 Å². The number of fused-ring (bicyclic) bond motifs is 4. The van der Waals surface area contributed by atoms with E-state index in [0.29, 0.717) is 19.5 Å². The quantitative estimate of drug-likeness (QED) is 0.750. The summed E-state index contributed by atoms with van der Waals surface area (Å²) in [6, 6.07) is 7.75. The molecule has 0 aliphatic carbocycles. The lowest BCUT2D eigenvalue weighted by atomic mass is 9.97. The van der Waals surface area contributed by atoms with E-state index in [2.05, 4.69) is 16.7 Å². The summed E-state index contributed by atoms with van der Waals surface area (Å²) in [5.74, 6) is -0.0546. The molecule has 2 aromatic rings. The van der Waals surface area contributed by atoms with Gasteiger partial charge in [-0.05, 0) is 18.6 Å². The normalized spacial score (nSPS) is 21.1. The second-order valence-electron chi connectivity index (χ2n) is 5.71. The highest BCUT2D eigenvalue weighted by Gasteiger charge is 2.47. The van der Waals surface area contributed by atoms with Crippen LogP contribution in [0.15, 0.2) is 24.3 Å². The van der Waals surface area contributed by atoms with E-state index < -0.39 is 0 Å². The molecule has 0 N–H and O–H groups in total. The molecule has 1 saturated heterocycles. The van der Waals surface area contributed by atoms with Gasteiger partial charge in [0, 0.05) is 36.6 Å². The standard InChI is InChI=1S/C16H17N3O2/c1-3-18-15(20)13-8-11-10-6-4-5-7-12(10)17(2)14(11)9-19(13)16(18)21/h4-7,13H,3,8-9H2,1-2H3. The molecule has 1 unspecified atom stereocenters. The number of likely N-dealkylation sites (N-methyl/N-ethyl adjacent to an activating group) is 1. The Kier molecular flexibility index (Phi) is 2.43. The largest absolute Gasteiger partial charge is 0.346 e. The number of hydrogen-bond donors (Lipinski definition) is 0. The van der Waals surface area contributed by atoms with Crippen molar-refractivity contribution < 1.29 is 9.59 Å². The molecule has 108 valence electrons. The van der Waals surface area contributed by atoms with Crippen molar-refractivity contribution in [2.24, 2.45) is 7.05 Å². The van der Waals surface area contributed by atoms with Gasteiger partial charge in [0.15, 0.2) is 0 Å². The number of nitrogens with zero attached hydrogens (tertiary/aromatic N) is 3. The summed E-state index contributed by atoms with van der Waals surface area (Å²) in [4.78, 5) is 27.8. The van der Waals surface area contributed by atoms with Gasteiger partial charge in [0.25, 0.3) is 5.91 Å². The third-order valence-electron chi connectivity index (χ3n) is 4.78. The minimum atomic E-state index is -0.323. The average Bonchev–Trinajstić information content (AvgIpc) is 2.92. The minimum Gasteiger partial charge on any atom is -0.346 e. The second kappa shape index (κ2) is 4.10. The van der Waals surface area contributed by atoms with Crippen molar-refractivity contribution in [3.63, 3.8) is 0 Å². The van der Waals surface area contributed by atoms with Crippen molar-refractivity contribution in [3.8, 4) is 0 Å². The van der Waals surface area contributed by atoms with Gasteiger partial charge < -0.3 is 9.47 Å². The van der Waals surface area contributed by atoms with Crippen molar-refractivity contribution in [3.05, 3.63) is 35.5 Å². The van der Waals surface area contributed by atoms with Crippen LogP contribution in [0.4, 0.5) is 4.79 Å². The Bertz CT molecular complexity index is 777. The van der Waals surface area contributed by atoms with Crippen LogP contribution in [-0.4, -0.2) is 38.9 Å². The Morgan fingerprint density at radius 2 is 2.00 bits per heavy atom. The number of para-hydroxylation sites is 1. The molecule has 1 atom stereocenters. The maximum atomic E-state index is 12.4. The third-order valence-corrected chi connectivity index (χ3v) is 4.78. The monoisotopic (exact) mass is 283 g/mol. The van der Waals surface area contributed by atoms with Crippen LogP contribution < -0.4 is 0 Å². The Labute approximate surface area is 122 Å². The fourth-order valence-corrected chi connectivity index (χ4v) is 3.67. The van der Waals surface area contributed by atoms with E-state index in [1.165, 1.54) is 15.8 Å².